The highest BCUT2D eigenvalue weighted by Crippen LogP contribution is 2.38. The fourth-order valence-electron chi connectivity index (χ4n) is 9.93. The summed E-state index contributed by atoms with van der Waals surface area (Å²) < 4.78 is 58.0. The zero-order valence-electron chi connectivity index (χ0n) is 41.8. The van der Waals surface area contributed by atoms with Gasteiger partial charge in [-0.05, 0) is 76.6 Å². The Morgan fingerprint density at radius 3 is 2.21 bits per heavy atom. The summed E-state index contributed by atoms with van der Waals surface area (Å²) in [5.41, 5.74) is -1.61. The van der Waals surface area contributed by atoms with E-state index in [2.05, 4.69) is 36.1 Å². The van der Waals surface area contributed by atoms with E-state index in [0.29, 0.717) is 81.7 Å². The van der Waals surface area contributed by atoms with Crippen LogP contribution in [0.5, 0.6) is 0 Å². The van der Waals surface area contributed by atoms with Gasteiger partial charge in [0.05, 0.1) is 33.6 Å². The average molecular weight is 1040 g/mol. The molecule has 8 rings (SSSR count). The predicted octanol–water partition coefficient (Wildman–Crippen LogP) is 4.99. The van der Waals surface area contributed by atoms with E-state index in [0.717, 1.165) is 30.6 Å². The van der Waals surface area contributed by atoms with Crippen LogP contribution in [0.25, 0.3) is 11.1 Å². The van der Waals surface area contributed by atoms with Crippen LogP contribution in [0.15, 0.2) is 65.7 Å². The summed E-state index contributed by atoms with van der Waals surface area (Å²) in [5.74, 6) is -3.86. The van der Waals surface area contributed by atoms with Crippen LogP contribution >= 0.6 is 0 Å². The van der Waals surface area contributed by atoms with Gasteiger partial charge in [-0.25, -0.2) is 9.37 Å². The van der Waals surface area contributed by atoms with Gasteiger partial charge < -0.3 is 35.6 Å². The second-order valence-electron chi connectivity index (χ2n) is 19.3. The normalized spacial score (nSPS) is 19.3. The van der Waals surface area contributed by atoms with E-state index in [9.17, 15) is 51.5 Å². The zero-order chi connectivity index (χ0) is 53.7. The van der Waals surface area contributed by atoms with Gasteiger partial charge >= 0.3 is 6.18 Å². The Morgan fingerprint density at radius 2 is 1.53 bits per heavy atom. The molecular formula is C52H59F4N11O8. The van der Waals surface area contributed by atoms with Crippen molar-refractivity contribution in [2.24, 2.45) is 0 Å². The maximum absolute atomic E-state index is 16.2. The van der Waals surface area contributed by atoms with Crippen LogP contribution in [0.1, 0.15) is 102 Å². The van der Waals surface area contributed by atoms with Crippen molar-refractivity contribution in [3.05, 3.63) is 99.3 Å². The highest BCUT2D eigenvalue weighted by molar-refractivity contribution is 6.25. The van der Waals surface area contributed by atoms with Gasteiger partial charge in [0, 0.05) is 119 Å². The first-order valence-corrected chi connectivity index (χ1v) is 25.0. The first-order valence-electron chi connectivity index (χ1n) is 25.0. The maximum Gasteiger partial charge on any atom is 0.417 e. The molecule has 0 saturated carbocycles. The summed E-state index contributed by atoms with van der Waals surface area (Å²) >= 11 is 0. The average Bonchev–Trinajstić information content (AvgIpc) is 3.65. The van der Waals surface area contributed by atoms with Crippen molar-refractivity contribution in [3.63, 3.8) is 0 Å². The Morgan fingerprint density at radius 1 is 0.813 bits per heavy atom. The van der Waals surface area contributed by atoms with Crippen molar-refractivity contribution in [2.45, 2.75) is 89.5 Å². The lowest BCUT2D eigenvalue weighted by Crippen LogP contribution is -2.55. The van der Waals surface area contributed by atoms with Crippen LogP contribution in [0.4, 0.5) is 40.4 Å². The van der Waals surface area contributed by atoms with Crippen LogP contribution < -0.4 is 36.6 Å². The minimum Gasteiger partial charge on any atom is -0.384 e. The number of unbranched alkanes of at least 4 members (excludes halogenated alkanes) is 3. The van der Waals surface area contributed by atoms with Crippen LogP contribution in [0.2, 0.25) is 0 Å². The number of piperazine rings is 2. The molecule has 6 heterocycles. The Bertz CT molecular complexity index is 2910. The molecule has 0 spiro atoms. The van der Waals surface area contributed by atoms with Crippen molar-refractivity contribution >= 4 is 64.2 Å². The number of rotatable bonds is 17. The van der Waals surface area contributed by atoms with Gasteiger partial charge in [-0.3, -0.25) is 53.5 Å². The lowest BCUT2D eigenvalue weighted by atomic mass is 10.0. The third-order valence-electron chi connectivity index (χ3n) is 14.3. The molecule has 0 aliphatic carbocycles. The minimum absolute atomic E-state index is 0.0265. The van der Waals surface area contributed by atoms with Crippen molar-refractivity contribution < 1.29 is 51.1 Å². The lowest BCUT2D eigenvalue weighted by molar-refractivity contribution is -0.138. The number of hydrogen-bond acceptors (Lipinski definition) is 13. The lowest BCUT2D eigenvalue weighted by Gasteiger charge is -2.44. The fraction of sp³-hybridized carbons (Fsp3) is 0.442. The fourth-order valence-corrected chi connectivity index (χ4v) is 9.93. The van der Waals surface area contributed by atoms with Gasteiger partial charge in [0.25, 0.3) is 17.7 Å². The Labute approximate surface area is 429 Å². The number of pyridine rings is 2. The van der Waals surface area contributed by atoms with Gasteiger partial charge in [0.2, 0.25) is 29.2 Å². The summed E-state index contributed by atoms with van der Waals surface area (Å²) in [6.45, 7) is 7.49. The number of carbonyl (C=O) groups is 7. The van der Waals surface area contributed by atoms with Crippen LogP contribution in [0, 0.1) is 5.82 Å². The third-order valence-corrected chi connectivity index (χ3v) is 14.3. The minimum atomic E-state index is -5.00. The molecule has 75 heavy (non-hydrogen) atoms. The summed E-state index contributed by atoms with van der Waals surface area (Å²) in [4.78, 5) is 117. The number of halogens is 4. The first-order chi connectivity index (χ1) is 35.8. The summed E-state index contributed by atoms with van der Waals surface area (Å²) in [6.07, 6.45) is 0.461. The molecule has 7 amide bonds. The second-order valence-corrected chi connectivity index (χ2v) is 19.3. The van der Waals surface area contributed by atoms with Crippen LogP contribution in [-0.4, -0.2) is 144 Å². The van der Waals surface area contributed by atoms with Crippen molar-refractivity contribution in [1.29, 1.82) is 0 Å². The van der Waals surface area contributed by atoms with Gasteiger partial charge in [0.15, 0.2) is 0 Å². The number of nitrogens with one attached hydrogen (secondary N) is 5. The molecule has 3 fully saturated rings. The van der Waals surface area contributed by atoms with Crippen LogP contribution in [0.3, 0.4) is 0 Å². The molecule has 398 valence electrons. The smallest absolute Gasteiger partial charge is 0.384 e. The molecule has 3 saturated heterocycles. The monoisotopic (exact) mass is 1040 g/mol. The molecule has 0 radical (unpaired) electrons. The Balaban J connectivity index is 0.775. The zero-order valence-corrected chi connectivity index (χ0v) is 41.8. The largest absolute Gasteiger partial charge is 0.417 e. The molecule has 4 aliphatic rings. The number of piperidine rings is 1. The molecule has 1 unspecified atom stereocenters. The van der Waals surface area contributed by atoms with E-state index < -0.39 is 64.3 Å². The highest BCUT2D eigenvalue weighted by atomic mass is 19.4. The number of likely N-dealkylation sites (N-methyl/N-ethyl adjacent to an activating group) is 1. The Kier molecular flexibility index (Phi) is 16.3. The SMILES string of the molecule is C[C@@H]1CN(c2cc(F)c(-c3ccc(N4CCN(C(=O)CCC(=O)NCCCCCCNc5cccc6c5C(=O)N(C5CCC(=O)NC5=O)C6=O)CC4)nc3)cc2NC(=O)c2c[nH]c(=O)cc2C(F)(F)F)C[C@H](C)N1C. The van der Waals surface area contributed by atoms with E-state index in [4.69, 9.17) is 0 Å². The van der Waals surface area contributed by atoms with Gasteiger partial charge in [-0.2, -0.15) is 13.2 Å². The van der Waals surface area contributed by atoms with E-state index in [1.807, 2.05) is 30.7 Å². The number of imide groups is 2. The van der Waals surface area contributed by atoms with Crippen molar-refractivity contribution in [1.82, 2.24) is 35.3 Å². The number of amides is 7. The maximum atomic E-state index is 16.2. The van der Waals surface area contributed by atoms with E-state index in [-0.39, 0.29) is 77.6 Å². The molecule has 23 heteroatoms. The second kappa shape index (κ2) is 22.8. The number of aromatic nitrogens is 2. The number of fused-ring (bicyclic) bond motifs is 1. The Hall–Kier alpha value is -7.69. The molecule has 19 nitrogen and oxygen atoms in total. The quantitative estimate of drug-likeness (QED) is 0.0534. The molecule has 5 N–H and O–H groups in total. The molecule has 2 aromatic heterocycles. The van der Waals surface area contributed by atoms with E-state index in [1.165, 1.54) is 18.3 Å². The molecule has 4 aromatic rings. The topological polar surface area (TPSA) is 230 Å². The number of hydrogen-bond donors (Lipinski definition) is 5. The number of nitrogens with zero attached hydrogens (tertiary/aromatic N) is 6. The molecule has 4 aliphatic heterocycles. The van der Waals surface area contributed by atoms with Gasteiger partial charge in [0.1, 0.15) is 17.7 Å². The number of H-pyrrole nitrogens is 1. The summed E-state index contributed by atoms with van der Waals surface area (Å²) in [7, 11) is 1.96. The first kappa shape index (κ1) is 53.6. The summed E-state index contributed by atoms with van der Waals surface area (Å²) in [6, 6.07) is 10.2. The highest BCUT2D eigenvalue weighted by Gasteiger charge is 2.46. The summed E-state index contributed by atoms with van der Waals surface area (Å²) in [5, 5.41) is 10.9. The number of alkyl halides is 3. The molecule has 0 bridgehead atoms. The van der Waals surface area contributed by atoms with Gasteiger partial charge in [-0.15, -0.1) is 0 Å². The molecular weight excluding hydrogens is 983 g/mol. The molecule has 2 aromatic carbocycles. The number of aromatic amines is 1. The van der Waals surface area contributed by atoms with E-state index in [1.54, 1.807) is 35.2 Å². The standard InChI is InChI=1S/C52H59F4N11O8/c1-30-28-66(29-31(2)63(30)3)41-25-37(53)34(23-39(41)61-48(72)35-27-60-45(70)24-36(35)52(54,55)56)32-11-13-42(59-26-32)64-19-21-65(22-20-64)46(71)16-15-43(68)58-18-7-5-4-6-17-57-38-10-8-9-33-47(38)51(75)67(50(33)74)40-12-14-44(69)62-49(40)73/h8-11,13,23-27,30-31,40,57H,4-7,12,14-22,28-29H2,1-3H3,(H,58,68)(H,60,70)(H,61,72)(H,62,69,73)/t30-,31+,40?. The number of carbonyl (C=O) groups excluding carboxylic acids is 7. The number of anilines is 4. The van der Waals surface area contributed by atoms with E-state index >= 15 is 4.39 Å². The molecule has 3 atom stereocenters. The number of benzene rings is 2. The third kappa shape index (κ3) is 12.1. The van der Waals surface area contributed by atoms with Crippen molar-refractivity contribution in [2.75, 3.05) is 79.8 Å². The van der Waals surface area contributed by atoms with Gasteiger partial charge in [-0.1, -0.05) is 18.9 Å². The van der Waals surface area contributed by atoms with Crippen molar-refractivity contribution in [3.8, 4) is 11.1 Å². The predicted molar refractivity (Wildman–Crippen MR) is 270 cm³/mol. The van der Waals surface area contributed by atoms with Crippen LogP contribution in [-0.2, 0) is 25.4 Å².